The third-order valence-electron chi connectivity index (χ3n) is 1.92. The maximum Gasteiger partial charge on any atom is 0.0440 e. The summed E-state index contributed by atoms with van der Waals surface area (Å²) in [5.41, 5.74) is 7.85. The van der Waals surface area contributed by atoms with Crippen LogP contribution in [0.2, 0.25) is 5.02 Å². The molecule has 0 bridgehead atoms. The molecular weight excluding hydrogens is 170 g/mol. The van der Waals surface area contributed by atoms with Gasteiger partial charge >= 0.3 is 0 Å². The second-order valence-corrected chi connectivity index (χ2v) is 3.62. The SMILES string of the molecule is CC(C)c1cc(CN)ccc1Cl. The lowest BCUT2D eigenvalue weighted by Crippen LogP contribution is -1.98. The van der Waals surface area contributed by atoms with Crippen LogP contribution in [0.25, 0.3) is 0 Å². The highest BCUT2D eigenvalue weighted by atomic mass is 35.5. The Morgan fingerprint density at radius 2 is 2.08 bits per heavy atom. The molecule has 1 rings (SSSR count). The monoisotopic (exact) mass is 183 g/mol. The van der Waals surface area contributed by atoms with Gasteiger partial charge in [0.15, 0.2) is 0 Å². The summed E-state index contributed by atoms with van der Waals surface area (Å²) in [6.45, 7) is 4.83. The third-order valence-corrected chi connectivity index (χ3v) is 2.26. The van der Waals surface area contributed by atoms with Gasteiger partial charge in [-0.25, -0.2) is 0 Å². The molecule has 0 aliphatic rings. The molecule has 0 aliphatic carbocycles. The summed E-state index contributed by atoms with van der Waals surface area (Å²) < 4.78 is 0. The smallest absolute Gasteiger partial charge is 0.0440 e. The van der Waals surface area contributed by atoms with Crippen molar-refractivity contribution in [1.82, 2.24) is 0 Å². The lowest BCUT2D eigenvalue weighted by Gasteiger charge is -2.09. The lowest BCUT2D eigenvalue weighted by molar-refractivity contribution is 0.861. The van der Waals surface area contributed by atoms with Gasteiger partial charge in [0.1, 0.15) is 0 Å². The number of halogens is 1. The summed E-state index contributed by atoms with van der Waals surface area (Å²) in [6.07, 6.45) is 0. The zero-order chi connectivity index (χ0) is 9.14. The van der Waals surface area contributed by atoms with Crippen molar-refractivity contribution in [3.05, 3.63) is 34.3 Å². The Morgan fingerprint density at radius 1 is 1.42 bits per heavy atom. The van der Waals surface area contributed by atoms with E-state index in [1.54, 1.807) is 0 Å². The van der Waals surface area contributed by atoms with Gasteiger partial charge in [0.25, 0.3) is 0 Å². The minimum atomic E-state index is 0.462. The molecule has 0 heterocycles. The van der Waals surface area contributed by atoms with Crippen LogP contribution in [0.15, 0.2) is 18.2 Å². The predicted molar refractivity (Wildman–Crippen MR) is 53.4 cm³/mol. The number of rotatable bonds is 2. The summed E-state index contributed by atoms with van der Waals surface area (Å²) in [5.74, 6) is 0.462. The van der Waals surface area contributed by atoms with Crippen molar-refractivity contribution in [2.75, 3.05) is 0 Å². The van der Waals surface area contributed by atoms with Gasteiger partial charge < -0.3 is 5.73 Å². The first-order valence-electron chi connectivity index (χ1n) is 4.13. The molecular formula is C10H14ClN. The van der Waals surface area contributed by atoms with Crippen molar-refractivity contribution >= 4 is 11.6 Å². The van der Waals surface area contributed by atoms with Crippen molar-refractivity contribution < 1.29 is 0 Å². The highest BCUT2D eigenvalue weighted by Crippen LogP contribution is 2.24. The summed E-state index contributed by atoms with van der Waals surface area (Å²) in [7, 11) is 0. The van der Waals surface area contributed by atoms with Crippen molar-refractivity contribution in [1.29, 1.82) is 0 Å². The molecule has 0 saturated carbocycles. The quantitative estimate of drug-likeness (QED) is 0.750. The molecule has 0 amide bonds. The van der Waals surface area contributed by atoms with Crippen LogP contribution in [-0.4, -0.2) is 0 Å². The molecule has 12 heavy (non-hydrogen) atoms. The maximum atomic E-state index is 6.01. The fourth-order valence-corrected chi connectivity index (χ4v) is 1.50. The van der Waals surface area contributed by atoms with Gasteiger partial charge in [-0.2, -0.15) is 0 Å². The van der Waals surface area contributed by atoms with Crippen LogP contribution < -0.4 is 5.73 Å². The normalized spacial score (nSPS) is 10.8. The van der Waals surface area contributed by atoms with Crippen LogP contribution in [0.3, 0.4) is 0 Å². The van der Waals surface area contributed by atoms with Crippen molar-refractivity contribution in [3.8, 4) is 0 Å². The van der Waals surface area contributed by atoms with E-state index < -0.39 is 0 Å². The van der Waals surface area contributed by atoms with Gasteiger partial charge in [0, 0.05) is 11.6 Å². The topological polar surface area (TPSA) is 26.0 Å². The molecule has 0 radical (unpaired) electrons. The molecule has 0 spiro atoms. The van der Waals surface area contributed by atoms with Crippen molar-refractivity contribution in [3.63, 3.8) is 0 Å². The van der Waals surface area contributed by atoms with Crippen LogP contribution in [0, 0.1) is 0 Å². The average Bonchev–Trinajstić information content (AvgIpc) is 2.05. The van der Waals surface area contributed by atoms with Gasteiger partial charge in [-0.1, -0.05) is 37.6 Å². The first-order chi connectivity index (χ1) is 5.65. The largest absolute Gasteiger partial charge is 0.326 e. The van der Waals surface area contributed by atoms with Crippen LogP contribution in [0.4, 0.5) is 0 Å². The molecule has 0 unspecified atom stereocenters. The molecule has 1 aromatic rings. The summed E-state index contributed by atoms with van der Waals surface area (Å²) in [5, 5.41) is 0.835. The molecule has 0 aromatic heterocycles. The Morgan fingerprint density at radius 3 is 2.58 bits per heavy atom. The Bertz CT molecular complexity index is 269. The molecule has 0 aliphatic heterocycles. The van der Waals surface area contributed by atoms with E-state index in [0.717, 1.165) is 10.6 Å². The van der Waals surface area contributed by atoms with Crippen LogP contribution in [-0.2, 0) is 6.54 Å². The first kappa shape index (κ1) is 9.56. The highest BCUT2D eigenvalue weighted by Gasteiger charge is 2.04. The zero-order valence-corrected chi connectivity index (χ0v) is 8.23. The number of hydrogen-bond donors (Lipinski definition) is 1. The van der Waals surface area contributed by atoms with E-state index in [-0.39, 0.29) is 0 Å². The lowest BCUT2D eigenvalue weighted by atomic mass is 10.0. The van der Waals surface area contributed by atoms with E-state index in [1.807, 2.05) is 12.1 Å². The van der Waals surface area contributed by atoms with E-state index in [4.69, 9.17) is 17.3 Å². The fourth-order valence-electron chi connectivity index (χ4n) is 1.16. The minimum absolute atomic E-state index is 0.462. The number of hydrogen-bond acceptors (Lipinski definition) is 1. The number of nitrogens with two attached hydrogens (primary N) is 1. The first-order valence-corrected chi connectivity index (χ1v) is 4.51. The van der Waals surface area contributed by atoms with E-state index in [0.29, 0.717) is 12.5 Å². The highest BCUT2D eigenvalue weighted by molar-refractivity contribution is 6.31. The third kappa shape index (κ3) is 1.99. The van der Waals surface area contributed by atoms with Gasteiger partial charge in [0.2, 0.25) is 0 Å². The van der Waals surface area contributed by atoms with Crippen LogP contribution in [0.1, 0.15) is 30.9 Å². The molecule has 2 heteroatoms. The Hall–Kier alpha value is -0.530. The summed E-state index contributed by atoms with van der Waals surface area (Å²) in [6, 6.07) is 5.96. The molecule has 0 fully saturated rings. The molecule has 2 N–H and O–H groups in total. The molecule has 1 aromatic carbocycles. The standard InChI is InChI=1S/C10H14ClN/c1-7(2)9-5-8(6-12)3-4-10(9)11/h3-5,7H,6,12H2,1-2H3. The Balaban J connectivity index is 3.08. The van der Waals surface area contributed by atoms with Gasteiger partial charge in [0.05, 0.1) is 0 Å². The van der Waals surface area contributed by atoms with Crippen LogP contribution in [0.5, 0.6) is 0 Å². The second kappa shape index (κ2) is 3.92. The minimum Gasteiger partial charge on any atom is -0.326 e. The summed E-state index contributed by atoms with van der Waals surface area (Å²) in [4.78, 5) is 0. The Kier molecular flexibility index (Phi) is 3.12. The zero-order valence-electron chi connectivity index (χ0n) is 7.47. The van der Waals surface area contributed by atoms with E-state index >= 15 is 0 Å². The predicted octanol–water partition coefficient (Wildman–Crippen LogP) is 2.92. The molecule has 1 nitrogen and oxygen atoms in total. The van der Waals surface area contributed by atoms with Crippen molar-refractivity contribution in [2.45, 2.75) is 26.3 Å². The van der Waals surface area contributed by atoms with E-state index in [9.17, 15) is 0 Å². The van der Waals surface area contributed by atoms with Gasteiger partial charge in [-0.3, -0.25) is 0 Å². The molecule has 0 saturated heterocycles. The van der Waals surface area contributed by atoms with Crippen LogP contribution >= 0.6 is 11.6 Å². The molecule has 0 atom stereocenters. The Labute approximate surface area is 78.5 Å². The van der Waals surface area contributed by atoms with Gasteiger partial charge in [-0.15, -0.1) is 0 Å². The number of benzene rings is 1. The van der Waals surface area contributed by atoms with E-state index in [1.165, 1.54) is 5.56 Å². The maximum absolute atomic E-state index is 6.01. The van der Waals surface area contributed by atoms with Crippen molar-refractivity contribution in [2.24, 2.45) is 5.73 Å². The average molecular weight is 184 g/mol. The summed E-state index contributed by atoms with van der Waals surface area (Å²) >= 11 is 6.01. The fraction of sp³-hybridized carbons (Fsp3) is 0.400. The van der Waals surface area contributed by atoms with E-state index in [2.05, 4.69) is 19.9 Å². The molecule has 66 valence electrons. The second-order valence-electron chi connectivity index (χ2n) is 3.21. The van der Waals surface area contributed by atoms with Gasteiger partial charge in [-0.05, 0) is 23.1 Å².